The Bertz CT molecular complexity index is 931. The lowest BCUT2D eigenvalue weighted by Crippen LogP contribution is -2.25. The predicted octanol–water partition coefficient (Wildman–Crippen LogP) is 2.16. The Kier molecular flexibility index (Phi) is 4.98. The molecule has 0 amide bonds. The largest absolute Gasteiger partial charge is 0.423 e. The van der Waals surface area contributed by atoms with Crippen LogP contribution in [0.3, 0.4) is 0 Å². The molecular weight excluding hydrogens is 358 g/mol. The van der Waals surface area contributed by atoms with Crippen molar-refractivity contribution < 1.29 is 13.5 Å². The Hall–Kier alpha value is -2.88. The Morgan fingerprint density at radius 1 is 1.20 bits per heavy atom. The second-order valence-electron chi connectivity index (χ2n) is 4.81. The van der Waals surface area contributed by atoms with Crippen LogP contribution >= 0.6 is 11.6 Å². The van der Waals surface area contributed by atoms with Crippen molar-refractivity contribution in [3.63, 3.8) is 0 Å². The number of benzene rings is 1. The second-order valence-corrected chi connectivity index (χ2v) is 5.21. The van der Waals surface area contributed by atoms with Crippen molar-refractivity contribution in [2.75, 3.05) is 6.67 Å². The summed E-state index contributed by atoms with van der Waals surface area (Å²) in [7, 11) is 0. The topological polar surface area (TPSA) is 87.7 Å². The van der Waals surface area contributed by atoms with E-state index in [1.807, 2.05) is 0 Å². The lowest BCUT2D eigenvalue weighted by Gasteiger charge is -2.08. The van der Waals surface area contributed by atoms with Gasteiger partial charge in [0.1, 0.15) is 5.69 Å². The van der Waals surface area contributed by atoms with Crippen molar-refractivity contribution in [3.05, 3.63) is 51.9 Å². The maximum Gasteiger partial charge on any atom is 0.368 e. The van der Waals surface area contributed by atoms with Crippen molar-refractivity contribution >= 4 is 11.6 Å². The average molecular weight is 369 g/mol. The molecule has 2 aromatic heterocycles. The molecule has 3 rings (SSSR count). The number of halogens is 3. The molecule has 0 spiro atoms. The Morgan fingerprint density at radius 3 is 2.68 bits per heavy atom. The highest BCUT2D eigenvalue weighted by Gasteiger charge is 2.17. The van der Waals surface area contributed by atoms with E-state index in [0.29, 0.717) is 0 Å². The summed E-state index contributed by atoms with van der Waals surface area (Å²) in [6.07, 6.45) is 3.02. The van der Waals surface area contributed by atoms with Crippen molar-refractivity contribution in [3.8, 4) is 17.4 Å². The summed E-state index contributed by atoms with van der Waals surface area (Å²) < 4.78 is 33.5. The normalized spacial score (nSPS) is 10.8. The Labute approximate surface area is 144 Å². The summed E-state index contributed by atoms with van der Waals surface area (Å²) in [5.74, 6) is -0.763. The number of rotatable bonds is 6. The minimum atomic E-state index is -0.800. The van der Waals surface area contributed by atoms with E-state index in [-0.39, 0.29) is 35.4 Å². The van der Waals surface area contributed by atoms with Crippen molar-refractivity contribution in [1.29, 1.82) is 0 Å². The highest BCUT2D eigenvalue weighted by Crippen LogP contribution is 2.31. The summed E-state index contributed by atoms with van der Waals surface area (Å²) in [4.78, 5) is 19.9. The first-order valence-corrected chi connectivity index (χ1v) is 7.51. The predicted molar refractivity (Wildman–Crippen MR) is 83.3 cm³/mol. The number of hydrogen-bond donors (Lipinski definition) is 0. The molecule has 8 nitrogen and oxygen atoms in total. The molecule has 0 aliphatic rings. The van der Waals surface area contributed by atoms with Gasteiger partial charge in [-0.15, -0.1) is 0 Å². The highest BCUT2D eigenvalue weighted by atomic mass is 35.5. The number of ether oxygens (including phenoxy) is 1. The number of aromatic nitrogens is 6. The first-order valence-electron chi connectivity index (χ1n) is 7.13. The molecule has 0 saturated carbocycles. The molecule has 2 heterocycles. The van der Waals surface area contributed by atoms with Crippen LogP contribution < -0.4 is 10.4 Å². The van der Waals surface area contributed by atoms with Gasteiger partial charge < -0.3 is 4.74 Å². The van der Waals surface area contributed by atoms with Gasteiger partial charge in [-0.3, -0.25) is 4.39 Å². The lowest BCUT2D eigenvalue weighted by molar-refractivity contribution is 0.427. The number of tetrazole rings is 1. The molecule has 0 N–H and O–H groups in total. The first-order chi connectivity index (χ1) is 12.1. The molecule has 0 atom stereocenters. The fourth-order valence-corrected chi connectivity index (χ4v) is 2.16. The van der Waals surface area contributed by atoms with Crippen LogP contribution in [0.15, 0.2) is 35.4 Å². The van der Waals surface area contributed by atoms with Crippen molar-refractivity contribution in [2.45, 2.75) is 13.0 Å². The third-order valence-electron chi connectivity index (χ3n) is 3.12. The highest BCUT2D eigenvalue weighted by molar-refractivity contribution is 6.32. The number of hydrogen-bond acceptors (Lipinski definition) is 6. The molecule has 0 aliphatic carbocycles. The minimum Gasteiger partial charge on any atom is -0.423 e. The van der Waals surface area contributed by atoms with Gasteiger partial charge in [-0.05, 0) is 29.0 Å². The number of nitrogens with zero attached hydrogens (tertiary/aromatic N) is 6. The maximum atomic E-state index is 14.2. The van der Waals surface area contributed by atoms with Crippen LogP contribution in [0, 0.1) is 5.82 Å². The fourth-order valence-electron chi connectivity index (χ4n) is 1.97. The molecule has 0 saturated heterocycles. The minimum absolute atomic E-state index is 0.000838. The van der Waals surface area contributed by atoms with Gasteiger partial charge in [-0.1, -0.05) is 11.6 Å². The summed E-state index contributed by atoms with van der Waals surface area (Å²) in [6, 6.07) is 3.76. The van der Waals surface area contributed by atoms with Gasteiger partial charge in [0.25, 0.3) is 0 Å². The molecule has 0 aliphatic heterocycles. The summed E-state index contributed by atoms with van der Waals surface area (Å²) in [5.41, 5.74) is -0.927. The van der Waals surface area contributed by atoms with E-state index in [9.17, 15) is 13.6 Å². The third-order valence-corrected chi connectivity index (χ3v) is 3.41. The van der Waals surface area contributed by atoms with Crippen LogP contribution in [-0.4, -0.2) is 36.4 Å². The van der Waals surface area contributed by atoms with Gasteiger partial charge in [0.2, 0.25) is 0 Å². The van der Waals surface area contributed by atoms with Gasteiger partial charge in [0.15, 0.2) is 11.6 Å². The molecule has 1 aromatic carbocycles. The van der Waals surface area contributed by atoms with Gasteiger partial charge in [0.05, 0.1) is 18.2 Å². The molecule has 11 heteroatoms. The molecule has 3 aromatic rings. The molecule has 25 heavy (non-hydrogen) atoms. The van der Waals surface area contributed by atoms with Crippen LogP contribution in [0.25, 0.3) is 5.69 Å². The summed E-state index contributed by atoms with van der Waals surface area (Å²) in [6.45, 7) is -0.574. The third kappa shape index (κ3) is 3.63. The Balaban J connectivity index is 1.98. The van der Waals surface area contributed by atoms with Crippen LogP contribution in [-0.2, 0) is 6.54 Å². The second kappa shape index (κ2) is 7.34. The number of aryl methyl sites for hydroxylation is 1. The van der Waals surface area contributed by atoms with Crippen LogP contribution in [0.2, 0.25) is 5.02 Å². The van der Waals surface area contributed by atoms with E-state index in [2.05, 4.69) is 20.4 Å². The van der Waals surface area contributed by atoms with Crippen LogP contribution in [0.4, 0.5) is 8.78 Å². The zero-order valence-electron chi connectivity index (χ0n) is 12.6. The van der Waals surface area contributed by atoms with E-state index >= 15 is 0 Å². The van der Waals surface area contributed by atoms with Gasteiger partial charge in [-0.25, -0.2) is 19.2 Å². The van der Waals surface area contributed by atoms with Gasteiger partial charge in [0, 0.05) is 18.5 Å². The van der Waals surface area contributed by atoms with Gasteiger partial charge in [-0.2, -0.15) is 9.36 Å². The summed E-state index contributed by atoms with van der Waals surface area (Å²) in [5, 5.41) is 7.16. The zero-order chi connectivity index (χ0) is 17.8. The maximum absolute atomic E-state index is 14.2. The average Bonchev–Trinajstić information content (AvgIpc) is 2.97. The monoisotopic (exact) mass is 368 g/mol. The SMILES string of the molecule is O=c1n(CCCF)nnn1-c1cc(Oc2ncccn2)c(Cl)cc1F. The zero-order valence-corrected chi connectivity index (χ0v) is 13.4. The van der Waals surface area contributed by atoms with E-state index < -0.39 is 18.2 Å². The van der Waals surface area contributed by atoms with Crippen LogP contribution in [0.5, 0.6) is 11.8 Å². The van der Waals surface area contributed by atoms with E-state index in [1.165, 1.54) is 18.5 Å². The van der Waals surface area contributed by atoms with Gasteiger partial charge >= 0.3 is 11.7 Å². The smallest absolute Gasteiger partial charge is 0.368 e. The van der Waals surface area contributed by atoms with Crippen molar-refractivity contribution in [1.82, 2.24) is 29.8 Å². The molecule has 0 bridgehead atoms. The van der Waals surface area contributed by atoms with E-state index in [1.54, 1.807) is 6.07 Å². The van der Waals surface area contributed by atoms with E-state index in [0.717, 1.165) is 15.4 Å². The standard InChI is InChI=1S/C14H11ClF2N6O2/c15-9-7-10(17)11(8-12(9)25-13-18-4-2-5-19-13)23-14(24)22(20-21-23)6-1-3-16/h2,4-5,7-8H,1,3,6H2. The van der Waals surface area contributed by atoms with Crippen molar-refractivity contribution in [2.24, 2.45) is 0 Å². The molecule has 0 unspecified atom stereocenters. The fraction of sp³-hybridized carbons (Fsp3) is 0.214. The molecular formula is C14H11ClF2N6O2. The quantitative estimate of drug-likeness (QED) is 0.662. The lowest BCUT2D eigenvalue weighted by atomic mass is 10.3. The molecule has 0 radical (unpaired) electrons. The molecule has 0 fully saturated rings. The van der Waals surface area contributed by atoms with E-state index in [4.69, 9.17) is 16.3 Å². The first kappa shape index (κ1) is 17.0. The molecule has 130 valence electrons. The van der Waals surface area contributed by atoms with Crippen LogP contribution in [0.1, 0.15) is 6.42 Å². The number of alkyl halides is 1. The Morgan fingerprint density at radius 2 is 1.96 bits per heavy atom. The summed E-state index contributed by atoms with van der Waals surface area (Å²) >= 11 is 5.96.